The van der Waals surface area contributed by atoms with Crippen molar-refractivity contribution in [2.45, 2.75) is 32.7 Å². The van der Waals surface area contributed by atoms with E-state index >= 15 is 0 Å². The van der Waals surface area contributed by atoms with Gasteiger partial charge in [0.25, 0.3) is 11.8 Å². The number of imidazole rings is 1. The van der Waals surface area contributed by atoms with Crippen LogP contribution < -0.4 is 5.32 Å². The summed E-state index contributed by atoms with van der Waals surface area (Å²) >= 11 is 0. The van der Waals surface area contributed by atoms with Crippen molar-refractivity contribution < 1.29 is 18.7 Å². The molecule has 0 atom stereocenters. The summed E-state index contributed by atoms with van der Waals surface area (Å²) < 4.78 is 30.6. The molecule has 3 aromatic carbocycles. The summed E-state index contributed by atoms with van der Waals surface area (Å²) in [4.78, 5) is 18.9. The average Bonchev–Trinajstić information content (AvgIpc) is 3.19. The number of likely N-dealkylation sites (N-methyl/N-ethyl adjacent to an activating group) is 1. The Morgan fingerprint density at radius 2 is 1.83 bits per heavy atom. The minimum absolute atomic E-state index is 0.0393. The Hall–Kier alpha value is -3.78. The standard InChI is InChI=1S/C28H30F2N4O2/c1-4-19-9-12-22(13-10-19)31-27-32-24-17-20(26(36)33(3)15-16-35)11-14-25(24)34(27)18-21-7-5-6-8-23(21)28(2,29)30/h5-14,17,35H,4,15-16,18H2,1-3H3,(H,31,32). The van der Waals surface area contributed by atoms with E-state index in [1.54, 1.807) is 43.4 Å². The number of amides is 1. The highest BCUT2D eigenvalue weighted by atomic mass is 19.3. The topological polar surface area (TPSA) is 70.4 Å². The number of aryl methyl sites for hydroxylation is 1. The number of fused-ring (bicyclic) bond motifs is 1. The lowest BCUT2D eigenvalue weighted by Crippen LogP contribution is -2.29. The summed E-state index contributed by atoms with van der Waals surface area (Å²) in [7, 11) is 1.62. The van der Waals surface area contributed by atoms with Crippen LogP contribution in [-0.2, 0) is 18.9 Å². The van der Waals surface area contributed by atoms with Gasteiger partial charge in [0.15, 0.2) is 0 Å². The van der Waals surface area contributed by atoms with Gasteiger partial charge in [0, 0.05) is 37.3 Å². The van der Waals surface area contributed by atoms with Crippen molar-refractivity contribution in [2.75, 3.05) is 25.5 Å². The van der Waals surface area contributed by atoms with Crippen LogP contribution in [0.25, 0.3) is 11.0 Å². The fourth-order valence-corrected chi connectivity index (χ4v) is 4.20. The number of aromatic nitrogens is 2. The van der Waals surface area contributed by atoms with Gasteiger partial charge in [0.05, 0.1) is 24.2 Å². The molecule has 4 rings (SSSR count). The number of halogens is 2. The molecule has 36 heavy (non-hydrogen) atoms. The molecule has 0 spiro atoms. The molecule has 1 amide bonds. The number of nitrogens with zero attached hydrogens (tertiary/aromatic N) is 3. The number of hydrogen-bond acceptors (Lipinski definition) is 4. The zero-order chi connectivity index (χ0) is 25.9. The van der Waals surface area contributed by atoms with Crippen molar-refractivity contribution >= 4 is 28.6 Å². The highest BCUT2D eigenvalue weighted by molar-refractivity contribution is 5.97. The lowest BCUT2D eigenvalue weighted by atomic mass is 10.0. The largest absolute Gasteiger partial charge is 0.395 e. The van der Waals surface area contributed by atoms with Crippen molar-refractivity contribution in [3.8, 4) is 0 Å². The molecule has 2 N–H and O–H groups in total. The molecule has 0 unspecified atom stereocenters. The molecule has 0 radical (unpaired) electrons. The first-order chi connectivity index (χ1) is 17.2. The van der Waals surface area contributed by atoms with E-state index in [4.69, 9.17) is 10.1 Å². The van der Waals surface area contributed by atoms with Crippen LogP contribution in [0.5, 0.6) is 0 Å². The number of aliphatic hydroxyl groups excluding tert-OH is 1. The van der Waals surface area contributed by atoms with Gasteiger partial charge in [-0.3, -0.25) is 4.79 Å². The highest BCUT2D eigenvalue weighted by Gasteiger charge is 2.27. The number of anilines is 2. The maximum atomic E-state index is 14.4. The summed E-state index contributed by atoms with van der Waals surface area (Å²) in [5, 5.41) is 12.5. The van der Waals surface area contributed by atoms with Crippen LogP contribution in [0.15, 0.2) is 66.7 Å². The van der Waals surface area contributed by atoms with Gasteiger partial charge in [-0.15, -0.1) is 0 Å². The Morgan fingerprint density at radius 1 is 1.11 bits per heavy atom. The number of carbonyl (C=O) groups is 1. The van der Waals surface area contributed by atoms with E-state index in [0.29, 0.717) is 28.1 Å². The maximum absolute atomic E-state index is 14.4. The Balaban J connectivity index is 1.79. The zero-order valence-electron chi connectivity index (χ0n) is 20.6. The van der Waals surface area contributed by atoms with Crippen LogP contribution in [0, 0.1) is 0 Å². The average molecular weight is 493 g/mol. The molecule has 4 aromatic rings. The van der Waals surface area contributed by atoms with Crippen molar-refractivity contribution in [2.24, 2.45) is 0 Å². The van der Waals surface area contributed by atoms with Crippen LogP contribution in [0.4, 0.5) is 20.4 Å². The number of alkyl halides is 2. The first kappa shape index (κ1) is 25.3. The van der Waals surface area contributed by atoms with Gasteiger partial charge in [0.1, 0.15) is 0 Å². The van der Waals surface area contributed by atoms with Crippen LogP contribution >= 0.6 is 0 Å². The number of benzene rings is 3. The highest BCUT2D eigenvalue weighted by Crippen LogP contribution is 2.32. The molecular weight excluding hydrogens is 462 g/mol. The van der Waals surface area contributed by atoms with E-state index in [1.807, 2.05) is 28.8 Å². The molecule has 0 saturated heterocycles. The van der Waals surface area contributed by atoms with Gasteiger partial charge < -0.3 is 19.9 Å². The smallest absolute Gasteiger partial charge is 0.270 e. The quantitative estimate of drug-likeness (QED) is 0.321. The minimum atomic E-state index is -2.99. The second-order valence-corrected chi connectivity index (χ2v) is 8.90. The van der Waals surface area contributed by atoms with Crippen LogP contribution in [-0.4, -0.2) is 45.7 Å². The van der Waals surface area contributed by atoms with Crippen molar-refractivity contribution in [1.82, 2.24) is 14.5 Å². The molecule has 0 aliphatic rings. The van der Waals surface area contributed by atoms with E-state index in [1.165, 1.54) is 16.5 Å². The minimum Gasteiger partial charge on any atom is -0.395 e. The number of carbonyl (C=O) groups excluding carboxylic acids is 1. The van der Waals surface area contributed by atoms with Gasteiger partial charge in [-0.05, 0) is 47.9 Å². The van der Waals surface area contributed by atoms with Crippen molar-refractivity contribution in [1.29, 1.82) is 0 Å². The van der Waals surface area contributed by atoms with Crippen LogP contribution in [0.2, 0.25) is 0 Å². The zero-order valence-corrected chi connectivity index (χ0v) is 20.6. The van der Waals surface area contributed by atoms with E-state index in [-0.39, 0.29) is 31.2 Å². The number of hydrogen-bond donors (Lipinski definition) is 2. The van der Waals surface area contributed by atoms with Gasteiger partial charge in [0.2, 0.25) is 5.95 Å². The Bertz CT molecular complexity index is 1360. The molecule has 1 aromatic heterocycles. The van der Waals surface area contributed by atoms with E-state index in [0.717, 1.165) is 19.0 Å². The molecule has 0 saturated carbocycles. The summed E-state index contributed by atoms with van der Waals surface area (Å²) in [6.07, 6.45) is 0.919. The summed E-state index contributed by atoms with van der Waals surface area (Å²) in [5.41, 5.74) is 4.16. The normalized spacial score (nSPS) is 11.6. The molecule has 1 heterocycles. The Labute approximate surface area is 209 Å². The van der Waals surface area contributed by atoms with Gasteiger partial charge in [-0.2, -0.15) is 0 Å². The fraction of sp³-hybridized carbons (Fsp3) is 0.286. The van der Waals surface area contributed by atoms with E-state index in [2.05, 4.69) is 12.2 Å². The van der Waals surface area contributed by atoms with Crippen molar-refractivity contribution in [3.05, 3.63) is 89.0 Å². The predicted octanol–water partition coefficient (Wildman–Crippen LogP) is 5.57. The molecule has 0 fully saturated rings. The van der Waals surface area contributed by atoms with Crippen molar-refractivity contribution in [3.63, 3.8) is 0 Å². The molecule has 8 heteroatoms. The first-order valence-corrected chi connectivity index (χ1v) is 11.9. The van der Waals surface area contributed by atoms with Gasteiger partial charge in [-0.25, -0.2) is 13.8 Å². The second-order valence-electron chi connectivity index (χ2n) is 8.90. The van der Waals surface area contributed by atoms with Crippen LogP contribution in [0.1, 0.15) is 40.9 Å². The summed E-state index contributed by atoms with van der Waals surface area (Å²) in [6.45, 7) is 3.23. The third-order valence-electron chi connectivity index (χ3n) is 6.21. The van der Waals surface area contributed by atoms with E-state index < -0.39 is 5.92 Å². The molecular formula is C28H30F2N4O2. The molecule has 0 aliphatic carbocycles. The molecule has 188 valence electrons. The predicted molar refractivity (Wildman–Crippen MR) is 138 cm³/mol. The van der Waals surface area contributed by atoms with E-state index in [9.17, 15) is 13.6 Å². The summed E-state index contributed by atoms with van der Waals surface area (Å²) in [5.74, 6) is -2.74. The van der Waals surface area contributed by atoms with Crippen LogP contribution in [0.3, 0.4) is 0 Å². The SMILES string of the molecule is CCc1ccc(Nc2nc3cc(C(=O)N(C)CCO)ccc3n2Cc2ccccc2C(C)(F)F)cc1. The first-order valence-electron chi connectivity index (χ1n) is 11.9. The van der Waals surface area contributed by atoms with Gasteiger partial charge >= 0.3 is 0 Å². The second kappa shape index (κ2) is 10.5. The number of aliphatic hydroxyl groups is 1. The third kappa shape index (κ3) is 5.39. The molecule has 0 aliphatic heterocycles. The monoisotopic (exact) mass is 492 g/mol. The maximum Gasteiger partial charge on any atom is 0.270 e. The Kier molecular flexibility index (Phi) is 7.35. The molecule has 0 bridgehead atoms. The lowest BCUT2D eigenvalue weighted by Gasteiger charge is -2.18. The lowest BCUT2D eigenvalue weighted by molar-refractivity contribution is 0.0165. The summed E-state index contributed by atoms with van der Waals surface area (Å²) in [6, 6.07) is 19.6. The number of rotatable bonds is 9. The Morgan fingerprint density at radius 3 is 2.50 bits per heavy atom. The fourth-order valence-electron chi connectivity index (χ4n) is 4.20. The van der Waals surface area contributed by atoms with Gasteiger partial charge in [-0.1, -0.05) is 43.3 Å². The third-order valence-corrected chi connectivity index (χ3v) is 6.21. The number of nitrogens with one attached hydrogen (secondary N) is 1. The molecule has 6 nitrogen and oxygen atoms in total.